The van der Waals surface area contributed by atoms with E-state index in [0.717, 1.165) is 32.1 Å². The minimum absolute atomic E-state index is 0.0334. The second kappa shape index (κ2) is 4.74. The Balaban J connectivity index is 1.72. The number of aryl methyl sites for hydroxylation is 1. The second-order valence-electron chi connectivity index (χ2n) is 6.14. The molecule has 2 fully saturated rings. The number of hydrogen-bond donors (Lipinski definition) is 1. The van der Waals surface area contributed by atoms with Crippen molar-refractivity contribution in [3.63, 3.8) is 0 Å². The van der Waals surface area contributed by atoms with Gasteiger partial charge in [-0.1, -0.05) is 11.6 Å². The van der Waals surface area contributed by atoms with E-state index >= 15 is 0 Å². The van der Waals surface area contributed by atoms with Crippen LogP contribution in [-0.2, 0) is 6.18 Å². The maximum atomic E-state index is 12.8. The summed E-state index contributed by atoms with van der Waals surface area (Å²) in [7, 11) is 0. The fourth-order valence-electron chi connectivity index (χ4n) is 3.23. The third-order valence-electron chi connectivity index (χ3n) is 4.74. The van der Waals surface area contributed by atoms with Crippen LogP contribution in [0.1, 0.15) is 53.9 Å². The van der Waals surface area contributed by atoms with Gasteiger partial charge in [0, 0.05) is 6.54 Å². The van der Waals surface area contributed by atoms with Crippen LogP contribution in [0.3, 0.4) is 0 Å². The molecule has 2 aliphatic carbocycles. The van der Waals surface area contributed by atoms with Gasteiger partial charge in [0.25, 0.3) is 11.7 Å². The van der Waals surface area contributed by atoms with Crippen LogP contribution in [-0.4, -0.2) is 17.6 Å². The van der Waals surface area contributed by atoms with E-state index in [9.17, 15) is 18.0 Å². The SMILES string of the molecule is Cc1noc(C(F)(F)F)c1C(=O)NCC1(C2CC2)CCC1. The third-order valence-corrected chi connectivity index (χ3v) is 4.74. The van der Waals surface area contributed by atoms with Gasteiger partial charge in [-0.25, -0.2) is 0 Å². The highest BCUT2D eigenvalue weighted by Crippen LogP contribution is 2.56. The predicted molar refractivity (Wildman–Crippen MR) is 67.6 cm³/mol. The molecule has 21 heavy (non-hydrogen) atoms. The fourth-order valence-corrected chi connectivity index (χ4v) is 3.23. The first kappa shape index (κ1) is 14.4. The molecule has 0 unspecified atom stereocenters. The number of nitrogens with zero attached hydrogens (tertiary/aromatic N) is 1. The highest BCUT2D eigenvalue weighted by molar-refractivity contribution is 5.96. The molecule has 0 aromatic carbocycles. The van der Waals surface area contributed by atoms with Crippen molar-refractivity contribution >= 4 is 5.91 Å². The van der Waals surface area contributed by atoms with Crippen LogP contribution in [0, 0.1) is 18.3 Å². The van der Waals surface area contributed by atoms with Gasteiger partial charge in [-0.2, -0.15) is 13.2 Å². The van der Waals surface area contributed by atoms with Crippen molar-refractivity contribution in [3.8, 4) is 0 Å². The second-order valence-corrected chi connectivity index (χ2v) is 6.14. The Morgan fingerprint density at radius 1 is 1.43 bits per heavy atom. The summed E-state index contributed by atoms with van der Waals surface area (Å²) in [6, 6.07) is 0. The molecule has 1 aromatic rings. The minimum atomic E-state index is -4.71. The largest absolute Gasteiger partial charge is 0.453 e. The van der Waals surface area contributed by atoms with E-state index in [1.807, 2.05) is 0 Å². The lowest BCUT2D eigenvalue weighted by molar-refractivity contribution is -0.155. The zero-order valence-electron chi connectivity index (χ0n) is 11.7. The van der Waals surface area contributed by atoms with Crippen molar-refractivity contribution in [1.29, 1.82) is 0 Å². The summed E-state index contributed by atoms with van der Waals surface area (Å²) in [6.07, 6.45) is 0.844. The highest BCUT2D eigenvalue weighted by atomic mass is 19.4. The van der Waals surface area contributed by atoms with E-state index in [0.29, 0.717) is 12.5 Å². The van der Waals surface area contributed by atoms with Crippen LogP contribution in [0.15, 0.2) is 4.52 Å². The zero-order chi connectivity index (χ0) is 15.3. The van der Waals surface area contributed by atoms with E-state index in [4.69, 9.17) is 0 Å². The summed E-state index contributed by atoms with van der Waals surface area (Å²) in [5.74, 6) is -1.43. The van der Waals surface area contributed by atoms with Gasteiger partial charge in [-0.3, -0.25) is 4.79 Å². The predicted octanol–water partition coefficient (Wildman–Crippen LogP) is 3.31. The smallest absolute Gasteiger partial charge is 0.351 e. The number of carbonyl (C=O) groups excluding carboxylic acids is 1. The molecule has 0 aliphatic heterocycles. The summed E-state index contributed by atoms with van der Waals surface area (Å²) in [6.45, 7) is 1.78. The van der Waals surface area contributed by atoms with Crippen molar-refractivity contribution in [3.05, 3.63) is 17.0 Å². The summed E-state index contributed by atoms with van der Waals surface area (Å²) < 4.78 is 42.7. The standard InChI is InChI=1S/C14H17F3N2O2/c1-8-10(11(21-19-8)14(15,16)17)12(20)18-7-13(5-2-6-13)9-3-4-9/h9H,2-7H2,1H3,(H,18,20). The molecule has 0 bridgehead atoms. The summed E-state index contributed by atoms with van der Waals surface area (Å²) in [5.41, 5.74) is -0.416. The van der Waals surface area contributed by atoms with Crippen molar-refractivity contribution in [2.75, 3.05) is 6.54 Å². The van der Waals surface area contributed by atoms with Gasteiger partial charge in [0.2, 0.25) is 0 Å². The molecule has 2 aliphatic rings. The summed E-state index contributed by atoms with van der Waals surface area (Å²) in [5, 5.41) is 5.94. The monoisotopic (exact) mass is 302 g/mol. The Morgan fingerprint density at radius 2 is 2.10 bits per heavy atom. The van der Waals surface area contributed by atoms with E-state index in [-0.39, 0.29) is 11.1 Å². The van der Waals surface area contributed by atoms with E-state index in [1.165, 1.54) is 6.92 Å². The normalized spacial score (nSPS) is 21.0. The van der Waals surface area contributed by atoms with Gasteiger partial charge in [0.05, 0.1) is 5.69 Å². The van der Waals surface area contributed by atoms with Gasteiger partial charge < -0.3 is 9.84 Å². The zero-order valence-corrected chi connectivity index (χ0v) is 11.7. The molecule has 7 heteroatoms. The van der Waals surface area contributed by atoms with Gasteiger partial charge in [-0.05, 0) is 43.9 Å². The highest BCUT2D eigenvalue weighted by Gasteiger charge is 2.49. The molecule has 3 rings (SSSR count). The van der Waals surface area contributed by atoms with Crippen molar-refractivity contribution in [2.24, 2.45) is 11.3 Å². The topological polar surface area (TPSA) is 55.1 Å². The molecule has 4 nitrogen and oxygen atoms in total. The molecule has 1 N–H and O–H groups in total. The lowest BCUT2D eigenvalue weighted by atomic mass is 9.65. The van der Waals surface area contributed by atoms with Crippen LogP contribution < -0.4 is 5.32 Å². The molecule has 116 valence electrons. The van der Waals surface area contributed by atoms with Crippen LogP contribution in [0.4, 0.5) is 13.2 Å². The maximum absolute atomic E-state index is 12.8. The number of halogens is 3. The number of hydrogen-bond acceptors (Lipinski definition) is 3. The molecular formula is C14H17F3N2O2. The van der Waals surface area contributed by atoms with E-state index < -0.39 is 23.4 Å². The van der Waals surface area contributed by atoms with Crippen molar-refractivity contribution in [2.45, 2.75) is 45.2 Å². The summed E-state index contributed by atoms with van der Waals surface area (Å²) in [4.78, 5) is 12.1. The number of nitrogens with one attached hydrogen (secondary N) is 1. The third kappa shape index (κ3) is 2.53. The number of alkyl halides is 3. The number of aromatic nitrogens is 1. The van der Waals surface area contributed by atoms with Crippen LogP contribution in [0.5, 0.6) is 0 Å². The average molecular weight is 302 g/mol. The van der Waals surface area contributed by atoms with Crippen LogP contribution >= 0.6 is 0 Å². The van der Waals surface area contributed by atoms with Crippen LogP contribution in [0.25, 0.3) is 0 Å². The Labute approximate surface area is 120 Å². The molecular weight excluding hydrogens is 285 g/mol. The summed E-state index contributed by atoms with van der Waals surface area (Å²) >= 11 is 0. The Hall–Kier alpha value is -1.53. The number of carbonyl (C=O) groups is 1. The Bertz CT molecular complexity index is 557. The van der Waals surface area contributed by atoms with Gasteiger partial charge in [-0.15, -0.1) is 0 Å². The molecule has 1 heterocycles. The van der Waals surface area contributed by atoms with Gasteiger partial charge in [0.1, 0.15) is 5.56 Å². The van der Waals surface area contributed by atoms with E-state index in [2.05, 4.69) is 15.0 Å². The van der Waals surface area contributed by atoms with Gasteiger partial charge >= 0.3 is 6.18 Å². The quantitative estimate of drug-likeness (QED) is 0.928. The lowest BCUT2D eigenvalue weighted by Crippen LogP contribution is -2.44. The Kier molecular flexibility index (Phi) is 3.26. The average Bonchev–Trinajstić information content (AvgIpc) is 3.09. The molecule has 2 saturated carbocycles. The number of amides is 1. The Morgan fingerprint density at radius 3 is 2.57 bits per heavy atom. The molecule has 0 saturated heterocycles. The minimum Gasteiger partial charge on any atom is -0.351 e. The lowest BCUT2D eigenvalue weighted by Gasteiger charge is -2.42. The first-order valence-corrected chi connectivity index (χ1v) is 7.15. The van der Waals surface area contributed by atoms with Crippen LogP contribution in [0.2, 0.25) is 0 Å². The van der Waals surface area contributed by atoms with E-state index in [1.54, 1.807) is 0 Å². The maximum Gasteiger partial charge on any atom is 0.453 e. The van der Waals surface area contributed by atoms with Crippen molar-refractivity contribution in [1.82, 2.24) is 10.5 Å². The van der Waals surface area contributed by atoms with Gasteiger partial charge in [0.15, 0.2) is 0 Å². The first-order chi connectivity index (χ1) is 9.83. The molecule has 0 atom stereocenters. The van der Waals surface area contributed by atoms with Crippen molar-refractivity contribution < 1.29 is 22.5 Å². The molecule has 0 spiro atoms. The number of rotatable bonds is 4. The molecule has 0 radical (unpaired) electrons. The fraction of sp³-hybridized carbons (Fsp3) is 0.714. The molecule has 1 amide bonds. The first-order valence-electron chi connectivity index (χ1n) is 7.15. The molecule has 1 aromatic heterocycles.